The summed E-state index contributed by atoms with van der Waals surface area (Å²) in [5, 5.41) is 0. The molecule has 8 bridgehead atoms. The minimum Gasteiger partial charge on any atom is -0.399 e. The van der Waals surface area contributed by atoms with Gasteiger partial charge in [0.15, 0.2) is 0 Å². The van der Waals surface area contributed by atoms with Crippen LogP contribution in [-0.2, 0) is 0 Å². The van der Waals surface area contributed by atoms with Gasteiger partial charge in [-0.15, -0.1) is 0 Å². The van der Waals surface area contributed by atoms with Gasteiger partial charge in [0.2, 0.25) is 0 Å². The lowest BCUT2D eigenvalue weighted by atomic mass is 9.98. The van der Waals surface area contributed by atoms with Gasteiger partial charge < -0.3 is 11.5 Å². The molecule has 0 radical (unpaired) electrons. The van der Waals surface area contributed by atoms with Crippen molar-refractivity contribution in [2.75, 3.05) is 11.5 Å². The van der Waals surface area contributed by atoms with E-state index in [4.69, 9.17) is 31.4 Å². The van der Waals surface area contributed by atoms with Crippen molar-refractivity contribution in [2.45, 2.75) is 0 Å². The smallest absolute Gasteiger partial charge is 0.0738 e. The fourth-order valence-corrected chi connectivity index (χ4v) is 6.78. The molecular weight excluding hydrogens is 613 g/mol. The van der Waals surface area contributed by atoms with E-state index in [2.05, 4.69) is 72.9 Å². The van der Waals surface area contributed by atoms with Gasteiger partial charge in [-0.1, -0.05) is 84.9 Å². The third kappa shape index (κ3) is 5.16. The van der Waals surface area contributed by atoms with Gasteiger partial charge in [0.25, 0.3) is 0 Å². The van der Waals surface area contributed by atoms with Gasteiger partial charge in [-0.05, 0) is 95.1 Å². The normalized spacial score (nSPS) is 17.6. The maximum atomic E-state index is 6.13. The predicted molar refractivity (Wildman–Crippen MR) is 209 cm³/mol. The number of fused-ring (bicyclic) bond motifs is 4. The van der Waals surface area contributed by atoms with Crippen LogP contribution in [0.2, 0.25) is 0 Å². The van der Waals surface area contributed by atoms with Crippen molar-refractivity contribution < 1.29 is 0 Å². The summed E-state index contributed by atoms with van der Waals surface area (Å²) in [4.78, 5) is 21.2. The quantitative estimate of drug-likeness (QED) is 0.217. The maximum Gasteiger partial charge on any atom is 0.0738 e. The number of benzene rings is 4. The number of rotatable bonds is 4. The molecule has 6 nitrogen and oxygen atoms in total. The molecule has 0 saturated heterocycles. The summed E-state index contributed by atoms with van der Waals surface area (Å²) < 4.78 is 0. The third-order valence-electron chi connectivity index (χ3n) is 9.13. The highest BCUT2D eigenvalue weighted by atomic mass is 14.9. The number of hydrogen-bond acceptors (Lipinski definition) is 6. The summed E-state index contributed by atoms with van der Waals surface area (Å²) in [6.45, 7) is 0. The van der Waals surface area contributed by atoms with Crippen LogP contribution in [0.4, 0.5) is 11.4 Å². The molecule has 4 N–H and O–H groups in total. The van der Waals surface area contributed by atoms with Crippen LogP contribution in [0.15, 0.2) is 201 Å². The average molecular weight is 643 g/mol. The number of anilines is 2. The molecule has 5 aliphatic heterocycles. The van der Waals surface area contributed by atoms with Crippen molar-refractivity contribution in [1.82, 2.24) is 0 Å². The van der Waals surface area contributed by atoms with Crippen LogP contribution in [0.5, 0.6) is 0 Å². The third-order valence-corrected chi connectivity index (χ3v) is 9.13. The Bertz CT molecular complexity index is 2390. The second-order valence-corrected chi connectivity index (χ2v) is 12.3. The van der Waals surface area contributed by atoms with Crippen molar-refractivity contribution in [3.8, 4) is 0 Å². The van der Waals surface area contributed by atoms with Gasteiger partial charge in [0, 0.05) is 33.7 Å². The zero-order valence-corrected chi connectivity index (χ0v) is 27.0. The maximum absolute atomic E-state index is 6.13. The van der Waals surface area contributed by atoms with E-state index in [1.807, 2.05) is 84.9 Å². The largest absolute Gasteiger partial charge is 0.399 e. The Kier molecular flexibility index (Phi) is 6.99. The standard InChI is InChI=1S/C44H30N6/c45-31-15-11-29(12-16-31)43-37-23-21-35(48-37)41(27-7-3-1-4-8-27)33-19-20-34(47-33)42(28-9-5-2-6-10-28)36-22-24-38(49-36)44(40-26-25-39(43)50-40)30-13-17-32(46)18-14-30/h1-26H,45-46H2. The Hall–Kier alpha value is -6.92. The monoisotopic (exact) mass is 642 g/mol. The molecule has 4 aromatic rings. The van der Waals surface area contributed by atoms with Crippen molar-refractivity contribution in [3.05, 3.63) is 203 Å². The number of nitrogens with zero attached hydrogens (tertiary/aromatic N) is 4. The zero-order chi connectivity index (χ0) is 33.6. The number of nitrogen functional groups attached to an aromatic ring is 2. The Morgan fingerprint density at radius 2 is 0.540 bits per heavy atom. The molecule has 0 fully saturated rings. The molecule has 9 rings (SSSR count). The van der Waals surface area contributed by atoms with E-state index in [0.29, 0.717) is 11.4 Å². The molecule has 0 aliphatic carbocycles. The van der Waals surface area contributed by atoms with Crippen LogP contribution in [0.3, 0.4) is 0 Å². The predicted octanol–water partition coefficient (Wildman–Crippen LogP) is 8.85. The first kappa shape index (κ1) is 29.2. The van der Waals surface area contributed by atoms with Crippen molar-refractivity contribution in [3.63, 3.8) is 0 Å². The Morgan fingerprint density at radius 3 is 0.820 bits per heavy atom. The molecule has 0 saturated carbocycles. The number of aliphatic imine (C=N–C) groups is 4. The van der Waals surface area contributed by atoms with Gasteiger partial charge in [0.1, 0.15) is 0 Å². The average Bonchev–Trinajstić information content (AvgIpc) is 3.98. The van der Waals surface area contributed by atoms with E-state index in [1.165, 1.54) is 0 Å². The minimum atomic E-state index is 0.691. The molecule has 0 aromatic heterocycles. The SMILES string of the molecule is Nc1ccc(C2=C3C=CC(=N3)C(c3ccc(N)cc3)=C3C=CC(=N3)C(c3ccccc3)=C3C=CC(=N3)C(c3ccccc3)=C3C=CC2=N3)cc1. The number of nitrogens with two attached hydrogens (primary N) is 2. The van der Waals surface area contributed by atoms with Crippen molar-refractivity contribution >= 4 is 56.5 Å². The Balaban J connectivity index is 1.37. The lowest BCUT2D eigenvalue weighted by molar-refractivity contribution is 1.41. The highest BCUT2D eigenvalue weighted by Crippen LogP contribution is 2.38. The molecule has 50 heavy (non-hydrogen) atoms. The van der Waals surface area contributed by atoms with E-state index in [0.717, 1.165) is 90.2 Å². The summed E-state index contributed by atoms with van der Waals surface area (Å²) in [6, 6.07) is 36.4. The van der Waals surface area contributed by atoms with Gasteiger partial charge in [-0.25, -0.2) is 20.0 Å². The van der Waals surface area contributed by atoms with Gasteiger partial charge in [-0.3, -0.25) is 0 Å². The van der Waals surface area contributed by atoms with Crippen LogP contribution in [0, 0.1) is 0 Å². The number of allylic oxidation sites excluding steroid dienone is 12. The molecule has 5 heterocycles. The zero-order valence-electron chi connectivity index (χ0n) is 27.0. The first-order chi connectivity index (χ1) is 24.6. The van der Waals surface area contributed by atoms with Crippen molar-refractivity contribution in [1.29, 1.82) is 0 Å². The van der Waals surface area contributed by atoms with Crippen LogP contribution in [-0.4, -0.2) is 22.8 Å². The molecular formula is C44H30N6. The van der Waals surface area contributed by atoms with E-state index in [1.54, 1.807) is 0 Å². The van der Waals surface area contributed by atoms with Crippen LogP contribution >= 0.6 is 0 Å². The minimum absolute atomic E-state index is 0.691. The molecule has 0 atom stereocenters. The molecule has 6 heteroatoms. The first-order valence-corrected chi connectivity index (χ1v) is 16.5. The fourth-order valence-electron chi connectivity index (χ4n) is 6.78. The van der Waals surface area contributed by atoms with Gasteiger partial charge >= 0.3 is 0 Å². The van der Waals surface area contributed by atoms with E-state index >= 15 is 0 Å². The highest BCUT2D eigenvalue weighted by molar-refractivity contribution is 6.39. The van der Waals surface area contributed by atoms with Crippen molar-refractivity contribution in [2.24, 2.45) is 20.0 Å². The molecule has 0 amide bonds. The lowest BCUT2D eigenvalue weighted by Gasteiger charge is -2.12. The summed E-state index contributed by atoms with van der Waals surface area (Å²) in [5.41, 5.74) is 27.9. The van der Waals surface area contributed by atoms with E-state index in [-0.39, 0.29) is 0 Å². The fraction of sp³-hybridized carbons (Fsp3) is 0. The summed E-state index contributed by atoms with van der Waals surface area (Å²) >= 11 is 0. The van der Waals surface area contributed by atoms with Crippen LogP contribution < -0.4 is 11.5 Å². The van der Waals surface area contributed by atoms with Crippen LogP contribution in [0.25, 0.3) is 22.3 Å². The first-order valence-electron chi connectivity index (χ1n) is 16.5. The summed E-state index contributed by atoms with van der Waals surface area (Å²) in [6.07, 6.45) is 16.6. The Morgan fingerprint density at radius 1 is 0.280 bits per heavy atom. The molecule has 5 aliphatic rings. The molecule has 4 aromatic carbocycles. The molecule has 236 valence electrons. The lowest BCUT2D eigenvalue weighted by Crippen LogP contribution is -2.03. The van der Waals surface area contributed by atoms with E-state index in [9.17, 15) is 0 Å². The molecule has 0 unspecified atom stereocenters. The second-order valence-electron chi connectivity index (χ2n) is 12.3. The van der Waals surface area contributed by atoms with Gasteiger partial charge in [0.05, 0.1) is 45.6 Å². The van der Waals surface area contributed by atoms with Crippen LogP contribution in [0.1, 0.15) is 22.3 Å². The summed E-state index contributed by atoms with van der Waals surface area (Å²) in [7, 11) is 0. The molecule has 0 spiro atoms. The highest BCUT2D eigenvalue weighted by Gasteiger charge is 2.27. The summed E-state index contributed by atoms with van der Waals surface area (Å²) in [5.74, 6) is 0. The number of hydrogen-bond donors (Lipinski definition) is 2. The van der Waals surface area contributed by atoms with Gasteiger partial charge in [-0.2, -0.15) is 0 Å². The Labute approximate surface area is 290 Å². The topological polar surface area (TPSA) is 101 Å². The second kappa shape index (κ2) is 12.0. The van der Waals surface area contributed by atoms with E-state index < -0.39 is 0 Å².